The highest BCUT2D eigenvalue weighted by Gasteiger charge is 2.10. The molecule has 1 heterocycles. The molecule has 0 radical (unpaired) electrons. The summed E-state index contributed by atoms with van der Waals surface area (Å²) in [7, 11) is 0. The van der Waals surface area contributed by atoms with E-state index in [0.717, 1.165) is 0 Å². The molecule has 0 bridgehead atoms. The minimum atomic E-state index is 0.102. The Bertz CT molecular complexity index is 444. The van der Waals surface area contributed by atoms with Crippen LogP contribution in [0.1, 0.15) is 6.92 Å². The molecule has 0 saturated carbocycles. The molecule has 0 atom stereocenters. The Hall–Kier alpha value is -1.98. The lowest BCUT2D eigenvalue weighted by Gasteiger charge is -2.17. The van der Waals surface area contributed by atoms with Crippen LogP contribution < -0.4 is 10.2 Å². The van der Waals surface area contributed by atoms with Crippen LogP contribution in [0.15, 0.2) is 0 Å². The van der Waals surface area contributed by atoms with Gasteiger partial charge in [0.05, 0.1) is 13.1 Å². The average molecular weight is 250 g/mol. The third-order valence-electron chi connectivity index (χ3n) is 1.78. The van der Waals surface area contributed by atoms with Gasteiger partial charge in [-0.1, -0.05) is 11.8 Å². The summed E-state index contributed by atoms with van der Waals surface area (Å²) in [5, 5.41) is 3.05. The van der Waals surface area contributed by atoms with Crippen LogP contribution in [-0.2, 0) is 0 Å². The number of nitrogens with one attached hydrogen (secondary N) is 1. The van der Waals surface area contributed by atoms with E-state index >= 15 is 0 Å². The van der Waals surface area contributed by atoms with E-state index in [4.69, 9.17) is 24.4 Å². The van der Waals surface area contributed by atoms with Crippen molar-refractivity contribution in [1.82, 2.24) is 15.0 Å². The fraction of sp³-hybridized carbons (Fsp3) is 0.364. The second-order valence-corrected chi connectivity index (χ2v) is 3.36. The largest absolute Gasteiger partial charge is 0.354 e. The van der Waals surface area contributed by atoms with Crippen molar-refractivity contribution in [2.45, 2.75) is 6.92 Å². The van der Waals surface area contributed by atoms with Gasteiger partial charge in [-0.05, 0) is 18.5 Å². The molecule has 0 aliphatic rings. The zero-order valence-electron chi connectivity index (χ0n) is 9.44. The van der Waals surface area contributed by atoms with Gasteiger partial charge in [0.2, 0.25) is 17.2 Å². The van der Waals surface area contributed by atoms with Gasteiger partial charge in [0.15, 0.2) is 0 Å². The van der Waals surface area contributed by atoms with Crippen molar-refractivity contribution < 1.29 is 0 Å². The lowest BCUT2D eigenvalue weighted by Crippen LogP contribution is -2.26. The normalized spacial score (nSPS) is 9.18. The Morgan fingerprint density at radius 3 is 2.41 bits per heavy atom. The van der Waals surface area contributed by atoms with E-state index in [1.54, 1.807) is 4.90 Å². The third kappa shape index (κ3) is 3.82. The second-order valence-electron chi connectivity index (χ2n) is 3.02. The second kappa shape index (κ2) is 6.57. The summed E-state index contributed by atoms with van der Waals surface area (Å²) >= 11 is 5.80. The fourth-order valence-electron chi connectivity index (χ4n) is 1.14. The van der Waals surface area contributed by atoms with Crippen LogP contribution in [0.2, 0.25) is 5.28 Å². The molecule has 0 unspecified atom stereocenters. The number of hydrogen-bond acceptors (Lipinski definition) is 5. The summed E-state index contributed by atoms with van der Waals surface area (Å²) in [4.78, 5) is 13.8. The number of terminal acetylenes is 2. The maximum Gasteiger partial charge on any atom is 0.233 e. The Labute approximate surface area is 106 Å². The minimum absolute atomic E-state index is 0.102. The fourth-order valence-corrected chi connectivity index (χ4v) is 1.29. The molecule has 5 nitrogen and oxygen atoms in total. The van der Waals surface area contributed by atoms with Crippen LogP contribution in [0.4, 0.5) is 11.9 Å². The van der Waals surface area contributed by atoms with Crippen molar-refractivity contribution in [3.63, 3.8) is 0 Å². The first-order valence-electron chi connectivity index (χ1n) is 4.98. The van der Waals surface area contributed by atoms with E-state index in [9.17, 15) is 0 Å². The number of halogens is 1. The van der Waals surface area contributed by atoms with E-state index in [1.165, 1.54) is 0 Å². The van der Waals surface area contributed by atoms with Gasteiger partial charge >= 0.3 is 0 Å². The van der Waals surface area contributed by atoms with Crippen LogP contribution in [0, 0.1) is 24.7 Å². The van der Waals surface area contributed by atoms with Gasteiger partial charge < -0.3 is 10.2 Å². The summed E-state index contributed by atoms with van der Waals surface area (Å²) < 4.78 is 0. The summed E-state index contributed by atoms with van der Waals surface area (Å²) in [6.45, 7) is 3.24. The van der Waals surface area contributed by atoms with Crippen molar-refractivity contribution in [2.24, 2.45) is 0 Å². The van der Waals surface area contributed by atoms with E-state index in [2.05, 4.69) is 32.1 Å². The van der Waals surface area contributed by atoms with E-state index in [-0.39, 0.29) is 5.28 Å². The van der Waals surface area contributed by atoms with E-state index < -0.39 is 0 Å². The minimum Gasteiger partial charge on any atom is -0.354 e. The highest BCUT2D eigenvalue weighted by atomic mass is 35.5. The van der Waals surface area contributed by atoms with Crippen LogP contribution in [0.3, 0.4) is 0 Å². The van der Waals surface area contributed by atoms with Crippen molar-refractivity contribution in [2.75, 3.05) is 29.9 Å². The number of nitrogens with zero attached hydrogens (tertiary/aromatic N) is 4. The Balaban J connectivity index is 3.02. The molecular formula is C11H12ClN5. The Morgan fingerprint density at radius 2 is 1.88 bits per heavy atom. The molecule has 0 aliphatic heterocycles. The van der Waals surface area contributed by atoms with Crippen molar-refractivity contribution in [3.8, 4) is 24.7 Å². The van der Waals surface area contributed by atoms with Crippen LogP contribution in [0.5, 0.6) is 0 Å². The van der Waals surface area contributed by atoms with Gasteiger partial charge in [0, 0.05) is 6.54 Å². The van der Waals surface area contributed by atoms with Gasteiger partial charge in [-0.2, -0.15) is 15.0 Å². The molecule has 0 aliphatic carbocycles. The molecule has 6 heteroatoms. The maximum absolute atomic E-state index is 5.80. The summed E-state index contributed by atoms with van der Waals surface area (Å²) in [6.07, 6.45) is 10.5. The highest BCUT2D eigenvalue weighted by molar-refractivity contribution is 6.28. The van der Waals surface area contributed by atoms with E-state index in [0.29, 0.717) is 31.5 Å². The molecule has 0 amide bonds. The van der Waals surface area contributed by atoms with E-state index in [1.807, 2.05) is 6.92 Å². The first-order valence-corrected chi connectivity index (χ1v) is 5.36. The number of hydrogen-bond donors (Lipinski definition) is 1. The molecular weight excluding hydrogens is 238 g/mol. The van der Waals surface area contributed by atoms with Gasteiger partial charge in [-0.25, -0.2) is 0 Å². The standard InChI is InChI=1S/C11H12ClN5/c1-4-7-17(8-5-2)11-15-9(12)14-10(16-11)13-6-3/h1-2H,6-8H2,3H3,(H,13,14,15,16). The Kier molecular flexibility index (Phi) is 5.06. The number of anilines is 2. The third-order valence-corrected chi connectivity index (χ3v) is 1.95. The molecule has 1 N–H and O–H groups in total. The van der Waals surface area contributed by atoms with Crippen molar-refractivity contribution >= 4 is 23.5 Å². The first-order chi connectivity index (χ1) is 8.21. The summed E-state index contributed by atoms with van der Waals surface area (Å²) in [5.74, 6) is 5.75. The first kappa shape index (κ1) is 13.1. The quantitative estimate of drug-likeness (QED) is 0.790. The van der Waals surface area contributed by atoms with Crippen LogP contribution in [0.25, 0.3) is 0 Å². The van der Waals surface area contributed by atoms with Crippen LogP contribution in [-0.4, -0.2) is 34.6 Å². The molecule has 0 saturated heterocycles. The van der Waals surface area contributed by atoms with Gasteiger partial charge in [0.25, 0.3) is 0 Å². The van der Waals surface area contributed by atoms with Gasteiger partial charge in [-0.15, -0.1) is 12.8 Å². The predicted octanol–water partition coefficient (Wildman–Crippen LogP) is 1.03. The van der Waals surface area contributed by atoms with Gasteiger partial charge in [-0.3, -0.25) is 0 Å². The lowest BCUT2D eigenvalue weighted by molar-refractivity contribution is 0.887. The van der Waals surface area contributed by atoms with Crippen molar-refractivity contribution in [3.05, 3.63) is 5.28 Å². The zero-order chi connectivity index (χ0) is 12.7. The SMILES string of the molecule is C#CCN(CC#C)c1nc(Cl)nc(NCC)n1. The molecule has 1 rings (SSSR count). The topological polar surface area (TPSA) is 53.9 Å². The zero-order valence-corrected chi connectivity index (χ0v) is 10.2. The molecule has 0 fully saturated rings. The van der Waals surface area contributed by atoms with Crippen LogP contribution >= 0.6 is 11.6 Å². The molecule has 1 aromatic heterocycles. The smallest absolute Gasteiger partial charge is 0.233 e. The average Bonchev–Trinajstić information content (AvgIpc) is 2.28. The highest BCUT2D eigenvalue weighted by Crippen LogP contribution is 2.13. The van der Waals surface area contributed by atoms with Gasteiger partial charge in [0.1, 0.15) is 0 Å². The molecule has 1 aromatic rings. The maximum atomic E-state index is 5.80. The molecule has 88 valence electrons. The molecule has 0 aromatic carbocycles. The number of rotatable bonds is 5. The molecule has 17 heavy (non-hydrogen) atoms. The monoisotopic (exact) mass is 249 g/mol. The number of aromatic nitrogens is 3. The predicted molar refractivity (Wildman–Crippen MR) is 68.9 cm³/mol. The Morgan fingerprint density at radius 1 is 1.24 bits per heavy atom. The molecule has 0 spiro atoms. The summed E-state index contributed by atoms with van der Waals surface area (Å²) in [5.41, 5.74) is 0. The van der Waals surface area contributed by atoms with Crippen molar-refractivity contribution in [1.29, 1.82) is 0 Å². The lowest BCUT2D eigenvalue weighted by atomic mass is 10.5. The summed E-state index contributed by atoms with van der Waals surface area (Å²) in [6, 6.07) is 0.